The van der Waals surface area contributed by atoms with Gasteiger partial charge in [0, 0.05) is 45.1 Å². The Balaban J connectivity index is 1.54. The van der Waals surface area contributed by atoms with E-state index in [0.717, 1.165) is 70.4 Å². The van der Waals surface area contributed by atoms with E-state index in [1.165, 1.54) is 5.56 Å². The van der Waals surface area contributed by atoms with Gasteiger partial charge in [-0.15, -0.1) is 0 Å². The summed E-state index contributed by atoms with van der Waals surface area (Å²) in [5.41, 5.74) is 1.34. The lowest BCUT2D eigenvalue weighted by Crippen LogP contribution is -2.41. The van der Waals surface area contributed by atoms with E-state index in [2.05, 4.69) is 47.5 Å². The topological polar surface area (TPSA) is 50.0 Å². The van der Waals surface area contributed by atoms with E-state index in [9.17, 15) is 0 Å². The molecule has 1 aromatic heterocycles. The monoisotopic (exact) mass is 369 g/mol. The number of rotatable bonds is 9. The molecule has 3 rings (SSSR count). The number of nitrogens with zero attached hydrogens (tertiary/aromatic N) is 2. The predicted octanol–water partition coefficient (Wildman–Crippen LogP) is 3.37. The van der Waals surface area contributed by atoms with Gasteiger partial charge >= 0.3 is 0 Å². The van der Waals surface area contributed by atoms with Gasteiger partial charge in [0.2, 0.25) is 0 Å². The van der Waals surface area contributed by atoms with Crippen LogP contribution in [0.3, 0.4) is 0 Å². The summed E-state index contributed by atoms with van der Waals surface area (Å²) in [6.45, 7) is 7.35. The molecule has 5 heteroatoms. The van der Waals surface area contributed by atoms with Crippen LogP contribution in [0.25, 0.3) is 0 Å². The molecule has 27 heavy (non-hydrogen) atoms. The number of aliphatic imine (C=N–C) groups is 1. The molecule has 1 N–H and O–H groups in total. The van der Waals surface area contributed by atoms with Gasteiger partial charge in [-0.3, -0.25) is 4.99 Å². The van der Waals surface area contributed by atoms with Crippen LogP contribution in [0.5, 0.6) is 0 Å². The molecule has 2 aromatic rings. The zero-order valence-corrected chi connectivity index (χ0v) is 16.3. The van der Waals surface area contributed by atoms with Crippen molar-refractivity contribution in [3.63, 3.8) is 0 Å². The normalized spacial score (nSPS) is 17.4. The van der Waals surface area contributed by atoms with Crippen LogP contribution in [0.2, 0.25) is 0 Å². The fourth-order valence-corrected chi connectivity index (χ4v) is 3.40. The van der Waals surface area contributed by atoms with Crippen molar-refractivity contribution in [2.75, 3.05) is 39.4 Å². The average molecular weight is 370 g/mol. The van der Waals surface area contributed by atoms with Gasteiger partial charge in [0.1, 0.15) is 5.76 Å². The van der Waals surface area contributed by atoms with Crippen molar-refractivity contribution in [3.8, 4) is 0 Å². The highest BCUT2D eigenvalue weighted by molar-refractivity contribution is 5.80. The second kappa shape index (κ2) is 10.8. The van der Waals surface area contributed by atoms with Gasteiger partial charge in [-0.1, -0.05) is 30.3 Å². The number of ether oxygens (including phenoxy) is 1. The summed E-state index contributed by atoms with van der Waals surface area (Å²) in [6.07, 6.45) is 4.70. The van der Waals surface area contributed by atoms with E-state index in [4.69, 9.17) is 14.1 Å². The number of guanidine groups is 1. The lowest BCUT2D eigenvalue weighted by molar-refractivity contribution is 0.114. The van der Waals surface area contributed by atoms with Crippen molar-refractivity contribution in [2.45, 2.75) is 26.2 Å². The largest absolute Gasteiger partial charge is 0.469 e. The first-order valence-corrected chi connectivity index (χ1v) is 10.0. The van der Waals surface area contributed by atoms with Crippen molar-refractivity contribution >= 4 is 5.96 Å². The first-order chi connectivity index (χ1) is 13.3. The minimum absolute atomic E-state index is 0.594. The van der Waals surface area contributed by atoms with Crippen molar-refractivity contribution in [2.24, 2.45) is 10.9 Å². The Morgan fingerprint density at radius 1 is 1.22 bits per heavy atom. The fraction of sp³-hybridized carbons (Fsp3) is 0.500. The van der Waals surface area contributed by atoms with E-state index in [-0.39, 0.29) is 0 Å². The van der Waals surface area contributed by atoms with Gasteiger partial charge in [0.05, 0.1) is 12.9 Å². The van der Waals surface area contributed by atoms with Crippen LogP contribution in [0.15, 0.2) is 58.1 Å². The molecule has 1 aliphatic rings. The summed E-state index contributed by atoms with van der Waals surface area (Å²) < 4.78 is 11.0. The second-order valence-corrected chi connectivity index (χ2v) is 6.96. The number of furan rings is 1. The van der Waals surface area contributed by atoms with E-state index in [1.54, 1.807) is 6.26 Å². The SMILES string of the molecule is CCOCC1CCN(C(=NCCc2ccco2)NCCc2ccccc2)C1. The van der Waals surface area contributed by atoms with Crippen molar-refractivity contribution in [1.29, 1.82) is 0 Å². The zero-order chi connectivity index (χ0) is 18.7. The number of benzene rings is 1. The highest BCUT2D eigenvalue weighted by atomic mass is 16.5. The van der Waals surface area contributed by atoms with Crippen LogP contribution in [-0.4, -0.2) is 50.3 Å². The molecule has 1 unspecified atom stereocenters. The minimum atomic E-state index is 0.594. The Morgan fingerprint density at radius 2 is 2.11 bits per heavy atom. The second-order valence-electron chi connectivity index (χ2n) is 6.96. The zero-order valence-electron chi connectivity index (χ0n) is 16.3. The van der Waals surface area contributed by atoms with Gasteiger partial charge in [-0.25, -0.2) is 0 Å². The van der Waals surface area contributed by atoms with E-state index < -0.39 is 0 Å². The molecule has 146 valence electrons. The number of nitrogens with one attached hydrogen (secondary N) is 1. The highest BCUT2D eigenvalue weighted by Crippen LogP contribution is 2.17. The Bertz CT molecular complexity index is 670. The summed E-state index contributed by atoms with van der Waals surface area (Å²) in [4.78, 5) is 7.23. The molecule has 1 saturated heterocycles. The van der Waals surface area contributed by atoms with Crippen LogP contribution in [-0.2, 0) is 17.6 Å². The predicted molar refractivity (Wildman–Crippen MR) is 109 cm³/mol. The molecule has 0 spiro atoms. The summed E-state index contributed by atoms with van der Waals surface area (Å²) in [5.74, 6) is 2.59. The van der Waals surface area contributed by atoms with E-state index in [0.29, 0.717) is 5.92 Å². The third-order valence-electron chi connectivity index (χ3n) is 4.88. The molecule has 0 radical (unpaired) electrons. The molecular formula is C22H31N3O2. The smallest absolute Gasteiger partial charge is 0.193 e. The van der Waals surface area contributed by atoms with Crippen LogP contribution in [0.4, 0.5) is 0 Å². The van der Waals surface area contributed by atoms with E-state index >= 15 is 0 Å². The van der Waals surface area contributed by atoms with Crippen molar-refractivity contribution in [3.05, 3.63) is 60.1 Å². The summed E-state index contributed by atoms with van der Waals surface area (Å²) in [5, 5.41) is 3.57. The molecule has 1 fully saturated rings. The summed E-state index contributed by atoms with van der Waals surface area (Å²) >= 11 is 0. The summed E-state index contributed by atoms with van der Waals surface area (Å²) in [7, 11) is 0. The number of hydrogen-bond donors (Lipinski definition) is 1. The van der Waals surface area contributed by atoms with E-state index in [1.807, 2.05) is 12.1 Å². The molecule has 5 nitrogen and oxygen atoms in total. The van der Waals surface area contributed by atoms with Crippen molar-refractivity contribution < 1.29 is 9.15 Å². The highest BCUT2D eigenvalue weighted by Gasteiger charge is 2.24. The maximum Gasteiger partial charge on any atom is 0.193 e. The Kier molecular flexibility index (Phi) is 7.78. The van der Waals surface area contributed by atoms with Crippen molar-refractivity contribution in [1.82, 2.24) is 10.2 Å². The Morgan fingerprint density at radius 3 is 2.89 bits per heavy atom. The Labute approximate surface area is 162 Å². The van der Waals surface area contributed by atoms with Gasteiger partial charge in [-0.05, 0) is 37.5 Å². The van der Waals surface area contributed by atoms with Crippen LogP contribution < -0.4 is 5.32 Å². The molecule has 0 saturated carbocycles. The Hall–Kier alpha value is -2.27. The third kappa shape index (κ3) is 6.43. The molecule has 0 bridgehead atoms. The third-order valence-corrected chi connectivity index (χ3v) is 4.88. The maximum absolute atomic E-state index is 5.62. The maximum atomic E-state index is 5.62. The van der Waals surface area contributed by atoms with Gasteiger partial charge in [-0.2, -0.15) is 0 Å². The lowest BCUT2D eigenvalue weighted by Gasteiger charge is -2.22. The molecule has 1 atom stereocenters. The molecule has 0 aliphatic carbocycles. The minimum Gasteiger partial charge on any atom is -0.469 e. The van der Waals surface area contributed by atoms with Crippen LogP contribution >= 0.6 is 0 Å². The lowest BCUT2D eigenvalue weighted by atomic mass is 10.1. The summed E-state index contributed by atoms with van der Waals surface area (Å²) in [6, 6.07) is 14.5. The standard InChI is InChI=1S/C22H31N3O2/c1-2-26-18-20-12-15-25(17-20)22(24-14-11-21-9-6-16-27-21)23-13-10-19-7-4-3-5-8-19/h3-9,16,20H,2,10-15,17-18H2,1H3,(H,23,24). The quantitative estimate of drug-likeness (QED) is 0.544. The first-order valence-electron chi connectivity index (χ1n) is 10.0. The average Bonchev–Trinajstić information content (AvgIpc) is 3.38. The number of hydrogen-bond acceptors (Lipinski definition) is 3. The molecule has 1 aliphatic heterocycles. The van der Waals surface area contributed by atoms with Crippen LogP contribution in [0.1, 0.15) is 24.7 Å². The molecular weight excluding hydrogens is 338 g/mol. The first kappa shape index (κ1) is 19.5. The fourth-order valence-electron chi connectivity index (χ4n) is 3.40. The molecule has 1 aromatic carbocycles. The molecule has 2 heterocycles. The number of likely N-dealkylation sites (tertiary alicyclic amines) is 1. The van der Waals surface area contributed by atoms with Crippen LogP contribution in [0, 0.1) is 5.92 Å². The molecule has 0 amide bonds. The van der Waals surface area contributed by atoms with Gasteiger partial charge in [0.25, 0.3) is 0 Å². The van der Waals surface area contributed by atoms with Gasteiger partial charge in [0.15, 0.2) is 5.96 Å². The van der Waals surface area contributed by atoms with Gasteiger partial charge < -0.3 is 19.4 Å².